The number of benzene rings is 1. The molecule has 3 rings (SSSR count). The van der Waals surface area contributed by atoms with E-state index in [0.29, 0.717) is 13.2 Å². The molecule has 0 radical (unpaired) electrons. The van der Waals surface area contributed by atoms with Gasteiger partial charge in [0, 0.05) is 25.9 Å². The Morgan fingerprint density at radius 2 is 1.86 bits per heavy atom. The summed E-state index contributed by atoms with van der Waals surface area (Å²) in [5, 5.41) is 15.0. The third kappa shape index (κ3) is 7.62. The summed E-state index contributed by atoms with van der Waals surface area (Å²) in [6.45, 7) is 5.62. The van der Waals surface area contributed by atoms with Crippen molar-refractivity contribution in [3.8, 4) is 0 Å². The van der Waals surface area contributed by atoms with E-state index in [1.807, 2.05) is 47.0 Å². The zero-order valence-corrected chi connectivity index (χ0v) is 19.1. The molecule has 29 heavy (non-hydrogen) atoms. The highest BCUT2D eigenvalue weighted by Crippen LogP contribution is 2.04. The summed E-state index contributed by atoms with van der Waals surface area (Å²) in [7, 11) is 0. The first-order chi connectivity index (χ1) is 13.9. The van der Waals surface area contributed by atoms with Crippen LogP contribution in [0.3, 0.4) is 0 Å². The number of ether oxygens (including phenoxy) is 1. The number of nitrogens with zero attached hydrogens (tertiary/aromatic N) is 4. The topological polar surface area (TPSA) is 75.8 Å². The van der Waals surface area contributed by atoms with Crippen molar-refractivity contribution in [1.82, 2.24) is 25.2 Å². The monoisotopic (exact) mass is 508 g/mol. The number of halogens is 1. The Morgan fingerprint density at radius 1 is 1.03 bits per heavy atom. The molecule has 0 fully saturated rings. The zero-order valence-electron chi connectivity index (χ0n) is 16.8. The number of fused-ring (bicyclic) bond motifs is 1. The molecule has 0 aliphatic rings. The van der Waals surface area contributed by atoms with E-state index in [1.54, 1.807) is 0 Å². The van der Waals surface area contributed by atoms with Crippen LogP contribution in [0.25, 0.3) is 5.65 Å². The molecule has 0 aliphatic carbocycles. The quantitative estimate of drug-likeness (QED) is 0.190. The molecule has 2 N–H and O–H groups in total. The third-order valence-corrected chi connectivity index (χ3v) is 4.23. The third-order valence-electron chi connectivity index (χ3n) is 4.23. The average molecular weight is 508 g/mol. The van der Waals surface area contributed by atoms with E-state index >= 15 is 0 Å². The summed E-state index contributed by atoms with van der Waals surface area (Å²) in [6.07, 6.45) is 3.98. The highest BCUT2D eigenvalue weighted by molar-refractivity contribution is 14.0. The second-order valence-corrected chi connectivity index (χ2v) is 6.41. The van der Waals surface area contributed by atoms with Crippen molar-refractivity contribution < 1.29 is 4.74 Å². The first-order valence-electron chi connectivity index (χ1n) is 9.79. The fourth-order valence-corrected chi connectivity index (χ4v) is 2.79. The van der Waals surface area contributed by atoms with Crippen LogP contribution in [0.5, 0.6) is 0 Å². The van der Waals surface area contributed by atoms with E-state index in [-0.39, 0.29) is 24.0 Å². The molecule has 0 aliphatic heterocycles. The van der Waals surface area contributed by atoms with Crippen molar-refractivity contribution >= 4 is 35.6 Å². The van der Waals surface area contributed by atoms with Gasteiger partial charge in [0.25, 0.3) is 0 Å². The molecule has 156 valence electrons. The normalized spacial score (nSPS) is 11.3. The van der Waals surface area contributed by atoms with Crippen molar-refractivity contribution in [3.05, 3.63) is 66.1 Å². The van der Waals surface area contributed by atoms with Gasteiger partial charge in [0.1, 0.15) is 6.54 Å². The lowest BCUT2D eigenvalue weighted by molar-refractivity contribution is 0.117. The molecule has 2 aromatic heterocycles. The van der Waals surface area contributed by atoms with E-state index in [4.69, 9.17) is 4.74 Å². The second kappa shape index (κ2) is 13.1. The predicted molar refractivity (Wildman–Crippen MR) is 127 cm³/mol. The van der Waals surface area contributed by atoms with Crippen LogP contribution >= 0.6 is 24.0 Å². The van der Waals surface area contributed by atoms with E-state index in [0.717, 1.165) is 50.0 Å². The predicted octanol–water partition coefficient (Wildman–Crippen LogP) is 3.40. The molecule has 2 heterocycles. The van der Waals surface area contributed by atoms with Crippen LogP contribution < -0.4 is 10.6 Å². The molecule has 0 bridgehead atoms. The Labute approximate surface area is 189 Å². The van der Waals surface area contributed by atoms with Gasteiger partial charge >= 0.3 is 0 Å². The smallest absolute Gasteiger partial charge is 0.191 e. The number of unbranched alkanes of at least 4 members (excludes halogenated alkanes) is 1. The first kappa shape index (κ1) is 23.1. The maximum atomic E-state index is 5.72. The Hall–Kier alpha value is -2.20. The van der Waals surface area contributed by atoms with Crippen LogP contribution in [0, 0.1) is 0 Å². The van der Waals surface area contributed by atoms with E-state index < -0.39 is 0 Å². The SMILES string of the molecule is CCNC(=NCc1nnc2ccccn12)NCCCCOCc1ccccc1.I. The standard InChI is InChI=1S/C21H28N6O.HI/c1-2-22-21(24-16-20-26-25-19-12-6-8-14-27(19)20)23-13-7-9-15-28-17-18-10-4-3-5-11-18;/h3-6,8,10-12,14H,2,7,9,13,15-17H2,1H3,(H2,22,23,24);1H. The highest BCUT2D eigenvalue weighted by atomic mass is 127. The second-order valence-electron chi connectivity index (χ2n) is 6.41. The Morgan fingerprint density at radius 3 is 2.69 bits per heavy atom. The van der Waals surface area contributed by atoms with Gasteiger partial charge in [-0.15, -0.1) is 34.2 Å². The van der Waals surface area contributed by atoms with Crippen LogP contribution in [-0.2, 0) is 17.9 Å². The summed E-state index contributed by atoms with van der Waals surface area (Å²) in [4.78, 5) is 4.62. The number of rotatable bonds is 10. The molecule has 1 aromatic carbocycles. The number of guanidine groups is 1. The van der Waals surface area contributed by atoms with Crippen LogP contribution in [0.1, 0.15) is 31.2 Å². The fraction of sp³-hybridized carbons (Fsp3) is 0.381. The number of aromatic nitrogens is 3. The minimum absolute atomic E-state index is 0. The van der Waals surface area contributed by atoms with Gasteiger partial charge in [-0.3, -0.25) is 4.40 Å². The summed E-state index contributed by atoms with van der Waals surface area (Å²) < 4.78 is 7.68. The zero-order chi connectivity index (χ0) is 19.4. The molecule has 8 heteroatoms. The van der Waals surface area contributed by atoms with E-state index in [9.17, 15) is 0 Å². The number of hydrogen-bond acceptors (Lipinski definition) is 4. The van der Waals surface area contributed by atoms with Crippen LogP contribution in [-0.4, -0.2) is 40.3 Å². The highest BCUT2D eigenvalue weighted by Gasteiger charge is 2.04. The van der Waals surface area contributed by atoms with Gasteiger partial charge in [0.15, 0.2) is 17.4 Å². The summed E-state index contributed by atoms with van der Waals surface area (Å²) >= 11 is 0. The van der Waals surface area contributed by atoms with Crippen LogP contribution in [0.4, 0.5) is 0 Å². The summed E-state index contributed by atoms with van der Waals surface area (Å²) in [5.74, 6) is 1.61. The lowest BCUT2D eigenvalue weighted by Gasteiger charge is -2.11. The Kier molecular flexibility index (Phi) is 10.4. The van der Waals surface area contributed by atoms with Gasteiger partial charge in [-0.2, -0.15) is 0 Å². The molecule has 7 nitrogen and oxygen atoms in total. The minimum atomic E-state index is 0. The van der Waals surface area contributed by atoms with Gasteiger partial charge in [-0.1, -0.05) is 36.4 Å². The van der Waals surface area contributed by atoms with Gasteiger partial charge in [0.2, 0.25) is 0 Å². The molecule has 0 saturated carbocycles. The molecule has 0 amide bonds. The summed E-state index contributed by atoms with van der Waals surface area (Å²) in [6, 6.07) is 16.1. The van der Waals surface area contributed by atoms with Gasteiger partial charge in [0.05, 0.1) is 6.61 Å². The molecule has 0 saturated heterocycles. The lowest BCUT2D eigenvalue weighted by Crippen LogP contribution is -2.37. The molecular weight excluding hydrogens is 479 g/mol. The molecular formula is C21H29IN6O. The minimum Gasteiger partial charge on any atom is -0.377 e. The van der Waals surface area contributed by atoms with Crippen molar-refractivity contribution in [3.63, 3.8) is 0 Å². The summed E-state index contributed by atoms with van der Waals surface area (Å²) in [5.41, 5.74) is 2.05. The molecule has 0 unspecified atom stereocenters. The van der Waals surface area contributed by atoms with E-state index in [1.165, 1.54) is 5.56 Å². The van der Waals surface area contributed by atoms with E-state index in [2.05, 4.69) is 44.9 Å². The van der Waals surface area contributed by atoms with Gasteiger partial charge in [-0.25, -0.2) is 4.99 Å². The maximum absolute atomic E-state index is 5.72. The van der Waals surface area contributed by atoms with Gasteiger partial charge in [-0.05, 0) is 37.5 Å². The fourth-order valence-electron chi connectivity index (χ4n) is 2.79. The van der Waals surface area contributed by atoms with Crippen LogP contribution in [0.2, 0.25) is 0 Å². The van der Waals surface area contributed by atoms with Crippen molar-refractivity contribution in [1.29, 1.82) is 0 Å². The Bertz CT molecular complexity index is 868. The Balaban J connectivity index is 0.00000300. The lowest BCUT2D eigenvalue weighted by atomic mass is 10.2. The van der Waals surface area contributed by atoms with Crippen molar-refractivity contribution in [2.45, 2.75) is 32.9 Å². The first-order valence-corrected chi connectivity index (χ1v) is 9.79. The molecule has 0 spiro atoms. The number of hydrogen-bond donors (Lipinski definition) is 2. The van der Waals surface area contributed by atoms with Crippen LogP contribution in [0.15, 0.2) is 59.7 Å². The maximum Gasteiger partial charge on any atom is 0.191 e. The number of aliphatic imine (C=N–C) groups is 1. The number of pyridine rings is 1. The number of nitrogens with one attached hydrogen (secondary N) is 2. The molecule has 0 atom stereocenters. The van der Waals surface area contributed by atoms with Gasteiger partial charge < -0.3 is 15.4 Å². The van der Waals surface area contributed by atoms with Crippen molar-refractivity contribution in [2.24, 2.45) is 4.99 Å². The average Bonchev–Trinajstić information content (AvgIpc) is 3.15. The van der Waals surface area contributed by atoms with Crippen molar-refractivity contribution in [2.75, 3.05) is 19.7 Å². The largest absolute Gasteiger partial charge is 0.377 e. The molecule has 3 aromatic rings.